The molecule has 5 heteroatoms. The van der Waals surface area contributed by atoms with Gasteiger partial charge in [0.25, 0.3) is 0 Å². The predicted octanol–water partition coefficient (Wildman–Crippen LogP) is 3.71. The minimum atomic E-state index is 0.296. The van der Waals surface area contributed by atoms with Gasteiger partial charge in [-0.05, 0) is 67.2 Å². The Morgan fingerprint density at radius 3 is 2.96 bits per heavy atom. The number of thiocarbonyl (C=S) groups is 1. The molecular weight excluding hydrogens is 318 g/mol. The van der Waals surface area contributed by atoms with Crippen LogP contribution in [-0.4, -0.2) is 18.3 Å². The van der Waals surface area contributed by atoms with Crippen LogP contribution in [0, 0.1) is 0 Å². The lowest BCUT2D eigenvalue weighted by atomic mass is 9.93. The van der Waals surface area contributed by atoms with Gasteiger partial charge in [-0.3, -0.25) is 0 Å². The Kier molecular flexibility index (Phi) is 5.20. The van der Waals surface area contributed by atoms with Gasteiger partial charge in [-0.25, -0.2) is 0 Å². The van der Waals surface area contributed by atoms with Crippen LogP contribution in [0.25, 0.3) is 0 Å². The number of rotatable bonds is 5. The summed E-state index contributed by atoms with van der Waals surface area (Å²) in [5.74, 6) is 0.930. The molecule has 126 valence electrons. The van der Waals surface area contributed by atoms with Crippen LogP contribution >= 0.6 is 12.2 Å². The van der Waals surface area contributed by atoms with Crippen LogP contribution in [-0.2, 0) is 12.8 Å². The molecule has 4 nitrogen and oxygen atoms in total. The molecule has 0 bridgehead atoms. The maximum absolute atomic E-state index is 5.54. The zero-order valence-electron chi connectivity index (χ0n) is 13.8. The number of anilines is 2. The smallest absolute Gasteiger partial charge is 0.168 e. The predicted molar refractivity (Wildman–Crippen MR) is 104 cm³/mol. The van der Waals surface area contributed by atoms with Gasteiger partial charge in [-0.2, -0.15) is 0 Å². The maximum Gasteiger partial charge on any atom is 0.168 e. The van der Waals surface area contributed by atoms with E-state index < -0.39 is 0 Å². The number of benzene rings is 2. The van der Waals surface area contributed by atoms with Crippen molar-refractivity contribution in [3.8, 4) is 5.75 Å². The lowest BCUT2D eigenvalue weighted by molar-refractivity contribution is 0.413. The van der Waals surface area contributed by atoms with E-state index in [1.807, 2.05) is 18.2 Å². The number of aryl methyl sites for hydroxylation is 2. The van der Waals surface area contributed by atoms with Crippen LogP contribution in [0.15, 0.2) is 42.5 Å². The second kappa shape index (κ2) is 7.53. The number of nitrogens with one attached hydrogen (secondary N) is 2. The highest BCUT2D eigenvalue weighted by atomic mass is 32.1. The maximum atomic E-state index is 5.54. The molecule has 2 aromatic rings. The summed E-state index contributed by atoms with van der Waals surface area (Å²) in [5, 5.41) is 6.94. The average Bonchev–Trinajstić information content (AvgIpc) is 2.59. The third kappa shape index (κ3) is 3.97. The fraction of sp³-hybridized carbons (Fsp3) is 0.316. The Balaban J connectivity index is 1.63. The summed E-state index contributed by atoms with van der Waals surface area (Å²) >= 11 is 4.89. The average molecular weight is 341 g/mol. The normalized spacial score (nSPS) is 16.0. The van der Waals surface area contributed by atoms with Crippen LogP contribution in [0.1, 0.15) is 24.0 Å². The quantitative estimate of drug-likeness (QED) is 0.724. The Morgan fingerprint density at radius 2 is 2.17 bits per heavy atom. The molecule has 0 aromatic heterocycles. The van der Waals surface area contributed by atoms with Crippen molar-refractivity contribution in [2.75, 3.05) is 17.7 Å². The first-order valence-corrected chi connectivity index (χ1v) is 8.64. The lowest BCUT2D eigenvalue weighted by Gasteiger charge is -2.28. The largest absolute Gasteiger partial charge is 0.495 e. The Morgan fingerprint density at radius 1 is 1.33 bits per heavy atom. The Bertz CT molecular complexity index is 718. The van der Waals surface area contributed by atoms with E-state index in [4.69, 9.17) is 22.7 Å². The van der Waals surface area contributed by atoms with E-state index >= 15 is 0 Å². The van der Waals surface area contributed by atoms with E-state index in [9.17, 15) is 0 Å². The molecule has 0 spiro atoms. The first-order chi connectivity index (χ1) is 11.7. The van der Waals surface area contributed by atoms with Crippen molar-refractivity contribution in [3.05, 3.63) is 53.6 Å². The van der Waals surface area contributed by atoms with Crippen molar-refractivity contribution < 1.29 is 4.74 Å². The number of nitrogens with two attached hydrogens (primary N) is 1. The van der Waals surface area contributed by atoms with Crippen molar-refractivity contribution >= 4 is 28.7 Å². The molecule has 1 unspecified atom stereocenters. The van der Waals surface area contributed by atoms with Crippen molar-refractivity contribution in [2.45, 2.75) is 31.7 Å². The summed E-state index contributed by atoms with van der Waals surface area (Å²) in [5.41, 5.74) is 10.3. The lowest BCUT2D eigenvalue weighted by Crippen LogP contribution is -2.26. The summed E-state index contributed by atoms with van der Waals surface area (Å²) in [7, 11) is 1.72. The van der Waals surface area contributed by atoms with E-state index in [0.29, 0.717) is 11.2 Å². The van der Waals surface area contributed by atoms with Crippen molar-refractivity contribution in [1.82, 2.24) is 0 Å². The molecule has 1 aliphatic heterocycles. The number of methoxy groups -OCH3 is 1. The third-order valence-electron chi connectivity index (χ3n) is 4.42. The van der Waals surface area contributed by atoms with E-state index in [1.165, 1.54) is 11.1 Å². The fourth-order valence-corrected chi connectivity index (χ4v) is 3.35. The molecule has 2 aromatic carbocycles. The zero-order valence-corrected chi connectivity index (χ0v) is 14.7. The minimum absolute atomic E-state index is 0.296. The third-order valence-corrected chi connectivity index (χ3v) is 4.52. The van der Waals surface area contributed by atoms with Crippen molar-refractivity contribution in [2.24, 2.45) is 5.73 Å². The minimum Gasteiger partial charge on any atom is -0.495 e. The number of hydrogen-bond donors (Lipinski definition) is 3. The molecule has 0 saturated carbocycles. The van der Waals surface area contributed by atoms with Gasteiger partial charge in [0.1, 0.15) is 5.75 Å². The van der Waals surface area contributed by atoms with Crippen LogP contribution in [0.4, 0.5) is 11.4 Å². The summed E-state index contributed by atoms with van der Waals surface area (Å²) in [4.78, 5) is 0. The molecule has 0 aliphatic carbocycles. The highest BCUT2D eigenvalue weighted by Gasteiger charge is 2.20. The van der Waals surface area contributed by atoms with Crippen molar-refractivity contribution in [3.63, 3.8) is 0 Å². The molecule has 0 saturated heterocycles. The summed E-state index contributed by atoms with van der Waals surface area (Å²) in [6.07, 6.45) is 4.32. The highest BCUT2D eigenvalue weighted by Crippen LogP contribution is 2.34. The van der Waals surface area contributed by atoms with Crippen molar-refractivity contribution in [1.29, 1.82) is 0 Å². The zero-order chi connectivity index (χ0) is 16.9. The summed E-state index contributed by atoms with van der Waals surface area (Å²) in [6, 6.07) is 15.0. The summed E-state index contributed by atoms with van der Waals surface area (Å²) in [6.45, 7) is 0. The molecule has 0 amide bonds. The molecule has 3 rings (SSSR count). The number of fused-ring (bicyclic) bond motifs is 1. The molecule has 24 heavy (non-hydrogen) atoms. The number of hydrogen-bond acceptors (Lipinski definition) is 3. The Hall–Kier alpha value is -2.27. The molecule has 0 fully saturated rings. The van der Waals surface area contributed by atoms with Gasteiger partial charge in [0.15, 0.2) is 5.11 Å². The monoisotopic (exact) mass is 341 g/mol. The first-order valence-electron chi connectivity index (χ1n) is 8.23. The van der Waals surface area contributed by atoms with E-state index in [0.717, 1.165) is 42.8 Å². The molecule has 0 radical (unpaired) electrons. The molecule has 1 atom stereocenters. The van der Waals surface area contributed by atoms with Gasteiger partial charge < -0.3 is 21.1 Å². The summed E-state index contributed by atoms with van der Waals surface area (Å²) < 4.78 is 5.48. The van der Waals surface area contributed by atoms with Gasteiger partial charge >= 0.3 is 0 Å². The van der Waals surface area contributed by atoms with Gasteiger partial charge in [0.05, 0.1) is 12.8 Å². The van der Waals surface area contributed by atoms with E-state index in [2.05, 4.69) is 34.9 Å². The highest BCUT2D eigenvalue weighted by molar-refractivity contribution is 7.80. The van der Waals surface area contributed by atoms with E-state index in [1.54, 1.807) is 7.11 Å². The molecular formula is C19H23N3OS. The molecule has 1 heterocycles. The van der Waals surface area contributed by atoms with Gasteiger partial charge in [-0.15, -0.1) is 0 Å². The topological polar surface area (TPSA) is 59.3 Å². The fourth-order valence-electron chi connectivity index (χ4n) is 3.23. The second-order valence-corrected chi connectivity index (χ2v) is 6.54. The SMILES string of the molecule is COc1cccc2c1NC(CCc1cccc(NC(N)=S)c1)CC2. The second-order valence-electron chi connectivity index (χ2n) is 6.10. The Labute approximate surface area is 148 Å². The number of para-hydroxylation sites is 1. The van der Waals surface area contributed by atoms with Crippen LogP contribution in [0.2, 0.25) is 0 Å². The standard InChI is InChI=1S/C19H23N3OS/c1-23-17-7-3-5-14-9-11-15(21-18(14)17)10-8-13-4-2-6-16(12-13)22-19(20)24/h2-7,12,15,21H,8-11H2,1H3,(H3,20,22,24). The van der Waals surface area contributed by atoms with Gasteiger partial charge in [0.2, 0.25) is 0 Å². The number of ether oxygens (including phenoxy) is 1. The van der Waals surface area contributed by atoms with Gasteiger partial charge in [0, 0.05) is 11.7 Å². The first kappa shape index (κ1) is 16.6. The van der Waals surface area contributed by atoms with Crippen LogP contribution in [0.5, 0.6) is 5.75 Å². The van der Waals surface area contributed by atoms with Gasteiger partial charge in [-0.1, -0.05) is 24.3 Å². The van der Waals surface area contributed by atoms with E-state index in [-0.39, 0.29) is 0 Å². The van der Waals surface area contributed by atoms with Crippen LogP contribution < -0.4 is 21.1 Å². The van der Waals surface area contributed by atoms with Crippen LogP contribution in [0.3, 0.4) is 0 Å². The molecule has 1 aliphatic rings. The molecule has 4 N–H and O–H groups in total.